The Bertz CT molecular complexity index is 306. The number of amidine groups is 1. The highest BCUT2D eigenvalue weighted by Gasteiger charge is 2.10. The number of hydrogen-bond donors (Lipinski definition) is 3. The fourth-order valence-corrected chi connectivity index (χ4v) is 1.70. The predicted octanol–water partition coefficient (Wildman–Crippen LogP) is 0.279. The zero-order valence-electron chi connectivity index (χ0n) is 6.47. The first-order chi connectivity index (χ1) is 5.69. The van der Waals surface area contributed by atoms with Crippen molar-refractivity contribution in [1.82, 2.24) is 5.43 Å². The second-order valence-corrected chi connectivity index (χ2v) is 3.19. The van der Waals surface area contributed by atoms with Gasteiger partial charge in [0, 0.05) is 0 Å². The third-order valence-electron chi connectivity index (χ3n) is 1.37. The molecule has 1 rings (SSSR count). The first-order valence-corrected chi connectivity index (χ1v) is 4.01. The van der Waals surface area contributed by atoms with Crippen molar-refractivity contribution in [1.29, 1.82) is 0 Å². The Hall–Kier alpha value is -1.14. The van der Waals surface area contributed by atoms with E-state index in [1.807, 2.05) is 0 Å². The molecule has 6 heteroatoms. The van der Waals surface area contributed by atoms with Gasteiger partial charge in [-0.2, -0.15) is 9.49 Å². The summed E-state index contributed by atoms with van der Waals surface area (Å²) < 4.78 is 12.7. The van der Waals surface area contributed by atoms with Crippen molar-refractivity contribution in [3.05, 3.63) is 21.6 Å². The van der Waals surface area contributed by atoms with Crippen molar-refractivity contribution in [3.8, 4) is 0 Å². The summed E-state index contributed by atoms with van der Waals surface area (Å²) in [7, 11) is 0. The quantitative estimate of drug-likeness (QED) is 0.256. The summed E-state index contributed by atoms with van der Waals surface area (Å²) in [4.78, 5) is 0.623. The molecule has 0 radical (unpaired) electrons. The van der Waals surface area contributed by atoms with Crippen LogP contribution in [0.5, 0.6) is 0 Å². The lowest BCUT2D eigenvalue weighted by molar-refractivity contribution is 0.656. The first kappa shape index (κ1) is 8.95. The van der Waals surface area contributed by atoms with Crippen molar-refractivity contribution in [3.63, 3.8) is 0 Å². The molecule has 66 valence electrons. The minimum Gasteiger partial charge on any atom is -0.321 e. The van der Waals surface area contributed by atoms with Crippen LogP contribution >= 0.6 is 11.3 Å². The van der Waals surface area contributed by atoms with Crippen LogP contribution in [0.3, 0.4) is 0 Å². The van der Waals surface area contributed by atoms with E-state index in [0.717, 1.165) is 16.9 Å². The maximum Gasteiger partial charge on any atom is 0.177 e. The van der Waals surface area contributed by atoms with Crippen LogP contribution in [0, 0.1) is 12.1 Å². The van der Waals surface area contributed by atoms with E-state index in [-0.39, 0.29) is 5.13 Å². The zero-order chi connectivity index (χ0) is 9.14. The molecule has 0 saturated carbocycles. The van der Waals surface area contributed by atoms with Gasteiger partial charge in [-0.1, -0.05) is 0 Å². The van der Waals surface area contributed by atoms with Gasteiger partial charge in [0.15, 0.2) is 11.0 Å². The summed E-state index contributed by atoms with van der Waals surface area (Å²) in [5.74, 6) is 10.4. The number of thiophene rings is 1. The minimum atomic E-state index is -0.279. The summed E-state index contributed by atoms with van der Waals surface area (Å²) in [5.41, 5.74) is 3.05. The smallest absolute Gasteiger partial charge is 0.177 e. The van der Waals surface area contributed by atoms with Gasteiger partial charge in [-0.15, -0.1) is 11.3 Å². The van der Waals surface area contributed by atoms with Crippen molar-refractivity contribution >= 4 is 17.2 Å². The van der Waals surface area contributed by atoms with Gasteiger partial charge in [0.2, 0.25) is 0 Å². The Morgan fingerprint density at radius 1 is 1.75 bits per heavy atom. The summed E-state index contributed by atoms with van der Waals surface area (Å²) in [5, 5.41) is 3.10. The van der Waals surface area contributed by atoms with Crippen molar-refractivity contribution in [2.24, 2.45) is 16.8 Å². The number of nitrogens with two attached hydrogens (primary N) is 2. The van der Waals surface area contributed by atoms with Crippen LogP contribution in [0.1, 0.15) is 10.4 Å². The van der Waals surface area contributed by atoms with Gasteiger partial charge < -0.3 is 11.3 Å². The number of hydrazine groups is 1. The van der Waals surface area contributed by atoms with Crippen LogP contribution in [0.4, 0.5) is 4.39 Å². The Morgan fingerprint density at radius 2 is 2.42 bits per heavy atom. The fraction of sp³-hybridized carbons (Fsp3) is 0.167. The number of hydrazone groups is 1. The van der Waals surface area contributed by atoms with Crippen LogP contribution in [0.15, 0.2) is 11.2 Å². The number of nitrogens with one attached hydrogen (secondary N) is 1. The molecule has 0 saturated heterocycles. The normalized spacial score (nSPS) is 11.8. The van der Waals surface area contributed by atoms with Crippen LogP contribution in [0.2, 0.25) is 0 Å². The predicted molar refractivity (Wildman–Crippen MR) is 47.1 cm³/mol. The maximum absolute atomic E-state index is 12.7. The monoisotopic (exact) mass is 188 g/mol. The average Bonchev–Trinajstić information content (AvgIpc) is 2.34. The van der Waals surface area contributed by atoms with Gasteiger partial charge in [0.25, 0.3) is 0 Å². The van der Waals surface area contributed by atoms with Gasteiger partial charge in [-0.25, -0.2) is 5.84 Å². The van der Waals surface area contributed by atoms with E-state index in [2.05, 4.69) is 10.5 Å². The molecular formula is C6H9FN4S. The summed E-state index contributed by atoms with van der Waals surface area (Å²) in [6.07, 6.45) is 0. The largest absolute Gasteiger partial charge is 0.321 e. The number of aryl methyl sites for hydroxylation is 1. The van der Waals surface area contributed by atoms with Gasteiger partial charge >= 0.3 is 0 Å². The van der Waals surface area contributed by atoms with E-state index in [9.17, 15) is 4.39 Å². The lowest BCUT2D eigenvalue weighted by Gasteiger charge is -2.00. The second kappa shape index (κ2) is 3.51. The molecule has 1 aromatic heterocycles. The van der Waals surface area contributed by atoms with Crippen LogP contribution in [-0.2, 0) is 0 Å². The topological polar surface area (TPSA) is 76.4 Å². The molecule has 4 nitrogen and oxygen atoms in total. The number of halogens is 1. The van der Waals surface area contributed by atoms with Crippen LogP contribution in [0.25, 0.3) is 0 Å². The third kappa shape index (κ3) is 1.54. The number of hydrogen-bond acceptors (Lipinski definition) is 4. The van der Waals surface area contributed by atoms with Crippen LogP contribution < -0.4 is 17.1 Å². The molecule has 1 heterocycles. The minimum absolute atomic E-state index is 0.279. The van der Waals surface area contributed by atoms with Gasteiger partial charge in [-0.3, -0.25) is 0 Å². The molecular weight excluding hydrogens is 179 g/mol. The summed E-state index contributed by atoms with van der Waals surface area (Å²) in [6, 6.07) is 1.41. The second-order valence-electron chi connectivity index (χ2n) is 2.18. The molecule has 5 N–H and O–H groups in total. The SMILES string of the molecule is Cc1cc(F)sc1/C(=N/N)NN. The third-order valence-corrected chi connectivity index (χ3v) is 2.40. The van der Waals surface area contributed by atoms with E-state index >= 15 is 0 Å². The zero-order valence-corrected chi connectivity index (χ0v) is 7.28. The lowest BCUT2D eigenvalue weighted by Crippen LogP contribution is -2.31. The lowest BCUT2D eigenvalue weighted by atomic mass is 10.3. The molecule has 0 atom stereocenters. The first-order valence-electron chi connectivity index (χ1n) is 3.20. The highest BCUT2D eigenvalue weighted by atomic mass is 32.1. The average molecular weight is 188 g/mol. The van der Waals surface area contributed by atoms with E-state index in [4.69, 9.17) is 11.7 Å². The summed E-state index contributed by atoms with van der Waals surface area (Å²) >= 11 is 0.952. The molecule has 0 aliphatic carbocycles. The molecule has 0 bridgehead atoms. The number of nitrogens with zero attached hydrogens (tertiary/aromatic N) is 1. The highest BCUT2D eigenvalue weighted by molar-refractivity contribution is 7.12. The Labute approximate surface area is 73.0 Å². The molecule has 0 unspecified atom stereocenters. The highest BCUT2D eigenvalue weighted by Crippen LogP contribution is 2.19. The molecule has 0 fully saturated rings. The summed E-state index contributed by atoms with van der Waals surface area (Å²) in [6.45, 7) is 1.76. The Morgan fingerprint density at radius 3 is 2.75 bits per heavy atom. The van der Waals surface area contributed by atoms with Crippen molar-refractivity contribution in [2.75, 3.05) is 0 Å². The molecule has 0 aliphatic rings. The molecule has 0 spiro atoms. The molecule has 1 aromatic rings. The molecule has 12 heavy (non-hydrogen) atoms. The Balaban J connectivity index is 3.09. The van der Waals surface area contributed by atoms with Crippen molar-refractivity contribution in [2.45, 2.75) is 6.92 Å². The number of rotatable bonds is 1. The Kier molecular flexibility index (Phi) is 2.61. The van der Waals surface area contributed by atoms with Gasteiger partial charge in [0.1, 0.15) is 0 Å². The van der Waals surface area contributed by atoms with E-state index < -0.39 is 0 Å². The molecule has 0 aliphatic heterocycles. The standard InChI is InChI=1S/C6H9FN4S/c1-3-2-4(7)12-5(3)6(10-8)11-9/h2H,8-9H2,1H3,(H,10,11). The fourth-order valence-electron chi connectivity index (χ4n) is 0.840. The van der Waals surface area contributed by atoms with Gasteiger partial charge in [0.05, 0.1) is 4.88 Å². The van der Waals surface area contributed by atoms with Crippen molar-refractivity contribution < 1.29 is 4.39 Å². The molecule has 0 amide bonds. The maximum atomic E-state index is 12.7. The van der Waals surface area contributed by atoms with Gasteiger partial charge in [-0.05, 0) is 18.6 Å². The van der Waals surface area contributed by atoms with E-state index in [1.54, 1.807) is 6.92 Å². The van der Waals surface area contributed by atoms with Crippen LogP contribution in [-0.4, -0.2) is 5.84 Å². The van der Waals surface area contributed by atoms with E-state index in [1.165, 1.54) is 6.07 Å². The van der Waals surface area contributed by atoms with E-state index in [0.29, 0.717) is 10.7 Å². The molecule has 0 aromatic carbocycles.